The topological polar surface area (TPSA) is 66.8 Å². The van der Waals surface area contributed by atoms with Crippen LogP contribution in [0.4, 0.5) is 0 Å². The summed E-state index contributed by atoms with van der Waals surface area (Å²) in [6.45, 7) is 0.980. The molecule has 1 heterocycles. The van der Waals surface area contributed by atoms with Crippen molar-refractivity contribution in [1.29, 1.82) is 0 Å². The summed E-state index contributed by atoms with van der Waals surface area (Å²) in [6.07, 6.45) is 7.57. The smallest absolute Gasteiger partial charge is 0.253 e. The number of carbonyl (C=O) groups is 2. The van der Waals surface area contributed by atoms with Crippen LogP contribution >= 0.6 is 0 Å². The lowest BCUT2D eigenvalue weighted by atomic mass is 10.2. The van der Waals surface area contributed by atoms with Crippen molar-refractivity contribution in [2.75, 3.05) is 13.1 Å². The summed E-state index contributed by atoms with van der Waals surface area (Å²) in [4.78, 5) is 36.7. The monoisotopic (exact) mass is 222 g/mol. The quantitative estimate of drug-likeness (QED) is 0.277. The van der Waals surface area contributed by atoms with E-state index in [1.165, 1.54) is 23.1 Å². The molecule has 16 heavy (non-hydrogen) atoms. The zero-order chi connectivity index (χ0) is 11.8. The predicted octanol–water partition coefficient (Wildman–Crippen LogP) is 0.808. The standard InChI is InChI=1S/C11H14N2O3/c14-9-12-7-3-1-2-4-8-13-10(15)5-6-11(13)16/h5-6H,1-4,7-8H2. The van der Waals surface area contributed by atoms with Gasteiger partial charge in [-0.05, 0) is 12.8 Å². The van der Waals surface area contributed by atoms with Crippen LogP contribution in [0.5, 0.6) is 0 Å². The second-order valence-electron chi connectivity index (χ2n) is 3.55. The van der Waals surface area contributed by atoms with Crippen molar-refractivity contribution in [3.8, 4) is 0 Å². The largest absolute Gasteiger partial charge is 0.275 e. The highest BCUT2D eigenvalue weighted by molar-refractivity contribution is 6.12. The molecule has 0 bridgehead atoms. The van der Waals surface area contributed by atoms with E-state index < -0.39 is 0 Å². The van der Waals surface area contributed by atoms with Gasteiger partial charge in [-0.3, -0.25) is 14.5 Å². The number of unbranched alkanes of at least 4 members (excludes halogenated alkanes) is 3. The molecular formula is C11H14N2O3. The molecule has 0 atom stereocenters. The summed E-state index contributed by atoms with van der Waals surface area (Å²) in [6, 6.07) is 0. The molecule has 0 fully saturated rings. The van der Waals surface area contributed by atoms with Gasteiger partial charge in [0.2, 0.25) is 6.08 Å². The fourth-order valence-corrected chi connectivity index (χ4v) is 1.51. The first-order valence-electron chi connectivity index (χ1n) is 5.33. The lowest BCUT2D eigenvalue weighted by molar-refractivity contribution is -0.136. The molecule has 0 saturated carbocycles. The van der Waals surface area contributed by atoms with Gasteiger partial charge in [0.1, 0.15) is 0 Å². The van der Waals surface area contributed by atoms with Gasteiger partial charge in [0.25, 0.3) is 11.8 Å². The van der Waals surface area contributed by atoms with Crippen LogP contribution in [0.1, 0.15) is 25.7 Å². The summed E-state index contributed by atoms with van der Waals surface area (Å²) in [7, 11) is 0. The molecule has 0 N–H and O–H groups in total. The van der Waals surface area contributed by atoms with E-state index >= 15 is 0 Å². The number of hydrogen-bond donors (Lipinski definition) is 0. The SMILES string of the molecule is O=C=NCCCCCCN1C(=O)C=CC1=O. The highest BCUT2D eigenvalue weighted by Gasteiger charge is 2.21. The molecule has 86 valence electrons. The minimum atomic E-state index is -0.226. The minimum absolute atomic E-state index is 0.226. The van der Waals surface area contributed by atoms with E-state index in [2.05, 4.69) is 4.99 Å². The number of isocyanates is 1. The van der Waals surface area contributed by atoms with E-state index in [9.17, 15) is 14.4 Å². The Labute approximate surface area is 93.8 Å². The Bertz CT molecular complexity index is 325. The molecule has 0 spiro atoms. The summed E-state index contributed by atoms with van der Waals surface area (Å²) >= 11 is 0. The Kier molecular flexibility index (Phi) is 5.16. The zero-order valence-electron chi connectivity index (χ0n) is 9.02. The van der Waals surface area contributed by atoms with Crippen molar-refractivity contribution in [2.45, 2.75) is 25.7 Å². The Hall–Kier alpha value is -1.74. The lowest BCUT2D eigenvalue weighted by Crippen LogP contribution is -2.30. The van der Waals surface area contributed by atoms with Gasteiger partial charge in [-0.25, -0.2) is 9.79 Å². The molecular weight excluding hydrogens is 208 g/mol. The van der Waals surface area contributed by atoms with Crippen molar-refractivity contribution in [2.24, 2.45) is 4.99 Å². The van der Waals surface area contributed by atoms with Crippen LogP contribution in [0.2, 0.25) is 0 Å². The number of rotatable bonds is 7. The van der Waals surface area contributed by atoms with E-state index in [1.54, 1.807) is 0 Å². The number of nitrogens with zero attached hydrogens (tertiary/aromatic N) is 2. The predicted molar refractivity (Wildman–Crippen MR) is 57.3 cm³/mol. The zero-order valence-corrected chi connectivity index (χ0v) is 9.02. The number of aliphatic imine (C=N–C) groups is 1. The third-order valence-corrected chi connectivity index (χ3v) is 2.37. The van der Waals surface area contributed by atoms with Crippen molar-refractivity contribution >= 4 is 17.9 Å². The lowest BCUT2D eigenvalue weighted by Gasteiger charge is -2.12. The van der Waals surface area contributed by atoms with E-state index in [0.29, 0.717) is 13.1 Å². The van der Waals surface area contributed by atoms with Gasteiger partial charge in [0.15, 0.2) is 0 Å². The fourth-order valence-electron chi connectivity index (χ4n) is 1.51. The highest BCUT2D eigenvalue weighted by Crippen LogP contribution is 2.07. The Balaban J connectivity index is 2.05. The third-order valence-electron chi connectivity index (χ3n) is 2.37. The molecule has 0 radical (unpaired) electrons. The normalized spacial score (nSPS) is 14.4. The van der Waals surface area contributed by atoms with E-state index in [0.717, 1.165) is 25.7 Å². The van der Waals surface area contributed by atoms with Crippen LogP contribution in [-0.2, 0) is 14.4 Å². The van der Waals surface area contributed by atoms with Gasteiger partial charge in [-0.1, -0.05) is 12.8 Å². The third kappa shape index (κ3) is 3.79. The molecule has 1 rings (SSSR count). The summed E-state index contributed by atoms with van der Waals surface area (Å²) in [5.41, 5.74) is 0. The minimum Gasteiger partial charge on any atom is -0.275 e. The fraction of sp³-hybridized carbons (Fsp3) is 0.545. The molecule has 0 unspecified atom stereocenters. The van der Waals surface area contributed by atoms with Gasteiger partial charge in [0, 0.05) is 18.7 Å². The van der Waals surface area contributed by atoms with Gasteiger partial charge < -0.3 is 0 Å². The molecule has 5 nitrogen and oxygen atoms in total. The summed E-state index contributed by atoms with van der Waals surface area (Å²) in [5.74, 6) is -0.453. The molecule has 2 amide bonds. The van der Waals surface area contributed by atoms with Gasteiger partial charge in [-0.2, -0.15) is 0 Å². The van der Waals surface area contributed by atoms with Gasteiger partial charge in [0.05, 0.1) is 6.54 Å². The molecule has 0 aromatic rings. The van der Waals surface area contributed by atoms with Crippen LogP contribution in [0, 0.1) is 0 Å². The van der Waals surface area contributed by atoms with Crippen LogP contribution < -0.4 is 0 Å². The van der Waals surface area contributed by atoms with Gasteiger partial charge in [-0.15, -0.1) is 0 Å². The van der Waals surface area contributed by atoms with Crippen LogP contribution in [0.3, 0.4) is 0 Å². The van der Waals surface area contributed by atoms with E-state index in [1.807, 2.05) is 0 Å². The highest BCUT2D eigenvalue weighted by atomic mass is 16.2. The van der Waals surface area contributed by atoms with Crippen LogP contribution in [0.25, 0.3) is 0 Å². The maximum absolute atomic E-state index is 11.2. The number of amides is 2. The van der Waals surface area contributed by atoms with Crippen molar-refractivity contribution in [1.82, 2.24) is 4.90 Å². The van der Waals surface area contributed by atoms with Gasteiger partial charge >= 0.3 is 0 Å². The Morgan fingerprint density at radius 3 is 2.31 bits per heavy atom. The second kappa shape index (κ2) is 6.69. The number of carbonyl (C=O) groups excluding carboxylic acids is 3. The van der Waals surface area contributed by atoms with E-state index in [4.69, 9.17) is 0 Å². The van der Waals surface area contributed by atoms with Crippen LogP contribution in [-0.4, -0.2) is 35.9 Å². The number of hydrogen-bond acceptors (Lipinski definition) is 4. The Morgan fingerprint density at radius 2 is 1.69 bits per heavy atom. The van der Waals surface area contributed by atoms with E-state index in [-0.39, 0.29) is 11.8 Å². The first-order chi connectivity index (χ1) is 7.75. The second-order valence-corrected chi connectivity index (χ2v) is 3.55. The maximum atomic E-state index is 11.2. The molecule has 0 saturated heterocycles. The number of imide groups is 1. The summed E-state index contributed by atoms with van der Waals surface area (Å²) < 4.78 is 0. The first kappa shape index (κ1) is 12.3. The molecule has 0 aliphatic carbocycles. The summed E-state index contributed by atoms with van der Waals surface area (Å²) in [5, 5.41) is 0. The molecule has 0 aromatic heterocycles. The van der Waals surface area contributed by atoms with Crippen LogP contribution in [0.15, 0.2) is 17.1 Å². The average molecular weight is 222 g/mol. The van der Waals surface area contributed by atoms with Crippen molar-refractivity contribution < 1.29 is 14.4 Å². The Morgan fingerprint density at radius 1 is 1.06 bits per heavy atom. The first-order valence-corrected chi connectivity index (χ1v) is 5.33. The van der Waals surface area contributed by atoms with Crippen molar-refractivity contribution in [3.05, 3.63) is 12.2 Å². The van der Waals surface area contributed by atoms with Crippen molar-refractivity contribution in [3.63, 3.8) is 0 Å². The molecule has 0 aromatic carbocycles. The average Bonchev–Trinajstić information content (AvgIpc) is 2.59. The maximum Gasteiger partial charge on any atom is 0.253 e. The molecule has 5 heteroatoms. The molecule has 1 aliphatic rings. The molecule has 1 aliphatic heterocycles.